The van der Waals surface area contributed by atoms with Gasteiger partial charge in [-0.05, 0) is 25.5 Å². The summed E-state index contributed by atoms with van der Waals surface area (Å²) in [6.45, 7) is 5.32. The van der Waals surface area contributed by atoms with Gasteiger partial charge in [0, 0.05) is 13.6 Å². The predicted octanol–water partition coefficient (Wildman–Crippen LogP) is 1.02. The molecule has 6 heteroatoms. The Morgan fingerprint density at radius 1 is 1.47 bits per heavy atom. The fourth-order valence-corrected chi connectivity index (χ4v) is 1.52. The highest BCUT2D eigenvalue weighted by molar-refractivity contribution is 5.80. The minimum Gasteiger partial charge on any atom is -0.476 e. The molecule has 0 unspecified atom stereocenters. The van der Waals surface area contributed by atoms with Gasteiger partial charge in [-0.15, -0.1) is 0 Å². The maximum Gasteiger partial charge on any atom is 0.239 e. The van der Waals surface area contributed by atoms with E-state index >= 15 is 0 Å². The second kappa shape index (κ2) is 7.45. The molecule has 0 atom stereocenters. The van der Waals surface area contributed by atoms with Gasteiger partial charge in [0.15, 0.2) is 0 Å². The van der Waals surface area contributed by atoms with Crippen molar-refractivity contribution in [1.82, 2.24) is 10.3 Å². The van der Waals surface area contributed by atoms with E-state index in [2.05, 4.69) is 10.3 Å². The maximum absolute atomic E-state index is 11.6. The van der Waals surface area contributed by atoms with E-state index in [1.165, 1.54) is 0 Å². The van der Waals surface area contributed by atoms with Gasteiger partial charge in [-0.1, -0.05) is 6.92 Å². The molecule has 0 aromatic carbocycles. The Morgan fingerprint density at radius 3 is 2.84 bits per heavy atom. The van der Waals surface area contributed by atoms with E-state index in [4.69, 9.17) is 10.5 Å². The Balaban J connectivity index is 2.68. The van der Waals surface area contributed by atoms with Crippen molar-refractivity contribution in [2.45, 2.75) is 20.3 Å². The number of likely N-dealkylation sites (N-methyl/N-ethyl adjacent to an activating group) is 1. The SMILES string of the molecule is CCCNC(=O)CN(C)c1ccc(N)c(OCC)n1. The summed E-state index contributed by atoms with van der Waals surface area (Å²) < 4.78 is 5.33. The lowest BCUT2D eigenvalue weighted by Gasteiger charge is -2.18. The van der Waals surface area contributed by atoms with Crippen molar-refractivity contribution >= 4 is 17.4 Å². The zero-order chi connectivity index (χ0) is 14.3. The Morgan fingerprint density at radius 2 is 2.21 bits per heavy atom. The third kappa shape index (κ3) is 4.65. The molecule has 0 aliphatic carbocycles. The molecule has 0 spiro atoms. The van der Waals surface area contributed by atoms with Crippen LogP contribution in [-0.4, -0.2) is 37.6 Å². The molecule has 1 aromatic heterocycles. The maximum atomic E-state index is 11.6. The minimum atomic E-state index is -0.0269. The first-order chi connectivity index (χ1) is 9.08. The van der Waals surface area contributed by atoms with Crippen LogP contribution in [0.15, 0.2) is 12.1 Å². The summed E-state index contributed by atoms with van der Waals surface area (Å²) in [7, 11) is 1.81. The zero-order valence-electron chi connectivity index (χ0n) is 11.8. The fourth-order valence-electron chi connectivity index (χ4n) is 1.52. The van der Waals surface area contributed by atoms with Crippen LogP contribution in [0.25, 0.3) is 0 Å². The van der Waals surface area contributed by atoms with E-state index in [0.29, 0.717) is 30.5 Å². The lowest BCUT2D eigenvalue weighted by molar-refractivity contribution is -0.119. The van der Waals surface area contributed by atoms with Crippen LogP contribution in [0.5, 0.6) is 5.88 Å². The van der Waals surface area contributed by atoms with Crippen LogP contribution in [0.2, 0.25) is 0 Å². The number of rotatable bonds is 7. The summed E-state index contributed by atoms with van der Waals surface area (Å²) in [6, 6.07) is 3.50. The second-order valence-electron chi connectivity index (χ2n) is 4.20. The molecule has 3 N–H and O–H groups in total. The number of ether oxygens (including phenoxy) is 1. The Bertz CT molecular complexity index is 423. The lowest BCUT2D eigenvalue weighted by atomic mass is 10.3. The van der Waals surface area contributed by atoms with Gasteiger partial charge in [0.2, 0.25) is 11.8 Å². The number of pyridine rings is 1. The van der Waals surface area contributed by atoms with Crippen molar-refractivity contribution in [3.63, 3.8) is 0 Å². The molecule has 1 heterocycles. The molecule has 1 rings (SSSR count). The van der Waals surface area contributed by atoms with Crippen molar-refractivity contribution in [3.05, 3.63) is 12.1 Å². The minimum absolute atomic E-state index is 0.0269. The van der Waals surface area contributed by atoms with E-state index < -0.39 is 0 Å². The molecule has 1 aromatic rings. The third-order valence-electron chi connectivity index (χ3n) is 2.50. The number of hydrogen-bond donors (Lipinski definition) is 2. The number of nitrogens with one attached hydrogen (secondary N) is 1. The van der Waals surface area contributed by atoms with E-state index in [1.807, 2.05) is 13.8 Å². The number of carbonyl (C=O) groups excluding carboxylic acids is 1. The average Bonchev–Trinajstić information content (AvgIpc) is 2.39. The normalized spacial score (nSPS) is 10.1. The number of nitrogens with zero attached hydrogens (tertiary/aromatic N) is 2. The first kappa shape index (κ1) is 15.1. The fraction of sp³-hybridized carbons (Fsp3) is 0.538. The van der Waals surface area contributed by atoms with E-state index in [9.17, 15) is 4.79 Å². The van der Waals surface area contributed by atoms with Crippen molar-refractivity contribution in [2.24, 2.45) is 0 Å². The molecular formula is C13H22N4O2. The molecule has 0 aliphatic rings. The van der Waals surface area contributed by atoms with Gasteiger partial charge < -0.3 is 20.7 Å². The van der Waals surface area contributed by atoms with Crippen LogP contribution in [0.4, 0.5) is 11.5 Å². The molecular weight excluding hydrogens is 244 g/mol. The van der Waals surface area contributed by atoms with Crippen molar-refractivity contribution < 1.29 is 9.53 Å². The van der Waals surface area contributed by atoms with Gasteiger partial charge in [-0.2, -0.15) is 4.98 Å². The second-order valence-corrected chi connectivity index (χ2v) is 4.20. The number of carbonyl (C=O) groups is 1. The van der Waals surface area contributed by atoms with Crippen LogP contribution in [0.3, 0.4) is 0 Å². The molecule has 6 nitrogen and oxygen atoms in total. The van der Waals surface area contributed by atoms with Crippen LogP contribution in [-0.2, 0) is 4.79 Å². The molecule has 0 saturated carbocycles. The number of hydrogen-bond acceptors (Lipinski definition) is 5. The molecule has 0 radical (unpaired) electrons. The van der Waals surface area contributed by atoms with E-state index in [-0.39, 0.29) is 12.5 Å². The number of anilines is 2. The van der Waals surface area contributed by atoms with Crippen LogP contribution >= 0.6 is 0 Å². The monoisotopic (exact) mass is 266 g/mol. The van der Waals surface area contributed by atoms with Gasteiger partial charge in [0.25, 0.3) is 0 Å². The van der Waals surface area contributed by atoms with Crippen LogP contribution in [0, 0.1) is 0 Å². The summed E-state index contributed by atoms with van der Waals surface area (Å²) in [5.41, 5.74) is 6.25. The van der Waals surface area contributed by atoms with Crippen molar-refractivity contribution in [3.8, 4) is 5.88 Å². The van der Waals surface area contributed by atoms with Gasteiger partial charge in [0.1, 0.15) is 5.82 Å². The number of aromatic nitrogens is 1. The van der Waals surface area contributed by atoms with Crippen molar-refractivity contribution in [1.29, 1.82) is 0 Å². The third-order valence-corrected chi connectivity index (χ3v) is 2.50. The number of amides is 1. The Labute approximate surface area is 113 Å². The van der Waals surface area contributed by atoms with Crippen LogP contribution < -0.4 is 20.7 Å². The summed E-state index contributed by atoms with van der Waals surface area (Å²) in [5.74, 6) is 1.03. The van der Waals surface area contributed by atoms with Gasteiger partial charge in [-0.3, -0.25) is 4.79 Å². The summed E-state index contributed by atoms with van der Waals surface area (Å²) in [4.78, 5) is 17.7. The van der Waals surface area contributed by atoms with E-state index in [0.717, 1.165) is 6.42 Å². The molecule has 0 fully saturated rings. The molecule has 1 amide bonds. The standard InChI is InChI=1S/C13H22N4O2/c1-4-8-15-12(18)9-17(3)11-7-6-10(14)13(16-11)19-5-2/h6-7H,4-5,8-9,14H2,1-3H3,(H,15,18). The Hall–Kier alpha value is -1.98. The largest absolute Gasteiger partial charge is 0.476 e. The van der Waals surface area contributed by atoms with Crippen LogP contribution in [0.1, 0.15) is 20.3 Å². The molecule has 0 saturated heterocycles. The molecule has 0 bridgehead atoms. The topological polar surface area (TPSA) is 80.5 Å². The van der Waals surface area contributed by atoms with Gasteiger partial charge in [0.05, 0.1) is 18.8 Å². The lowest BCUT2D eigenvalue weighted by Crippen LogP contribution is -2.35. The predicted molar refractivity (Wildman–Crippen MR) is 76.4 cm³/mol. The summed E-state index contributed by atoms with van der Waals surface area (Å²) in [5, 5.41) is 2.82. The summed E-state index contributed by atoms with van der Waals surface area (Å²) in [6.07, 6.45) is 0.921. The quantitative estimate of drug-likeness (QED) is 0.770. The summed E-state index contributed by atoms with van der Waals surface area (Å²) >= 11 is 0. The van der Waals surface area contributed by atoms with Gasteiger partial charge >= 0.3 is 0 Å². The molecule has 106 valence electrons. The van der Waals surface area contributed by atoms with Crippen molar-refractivity contribution in [2.75, 3.05) is 37.4 Å². The highest BCUT2D eigenvalue weighted by atomic mass is 16.5. The first-order valence-electron chi connectivity index (χ1n) is 6.45. The average molecular weight is 266 g/mol. The highest BCUT2D eigenvalue weighted by Gasteiger charge is 2.10. The number of nitrogens with two attached hydrogens (primary N) is 1. The number of nitrogen functional groups attached to an aromatic ring is 1. The first-order valence-corrected chi connectivity index (χ1v) is 6.45. The van der Waals surface area contributed by atoms with E-state index in [1.54, 1.807) is 24.1 Å². The highest BCUT2D eigenvalue weighted by Crippen LogP contribution is 2.22. The van der Waals surface area contributed by atoms with Gasteiger partial charge in [-0.25, -0.2) is 0 Å². The smallest absolute Gasteiger partial charge is 0.239 e. The molecule has 19 heavy (non-hydrogen) atoms. The molecule has 0 aliphatic heterocycles. The zero-order valence-corrected chi connectivity index (χ0v) is 11.8. The Kier molecular flexibility index (Phi) is 5.92.